The molecule has 0 saturated heterocycles. The molecule has 0 bridgehead atoms. The van der Waals surface area contributed by atoms with Crippen molar-refractivity contribution >= 4 is 34.0 Å². The van der Waals surface area contributed by atoms with Crippen LogP contribution in [0.2, 0.25) is 0 Å². The average molecular weight is 620 g/mol. The summed E-state index contributed by atoms with van der Waals surface area (Å²) in [4.78, 5) is 10.1. The first-order chi connectivity index (χ1) is 23.8. The third-order valence-corrected chi connectivity index (χ3v) is 8.63. The minimum Gasteiger partial charge on any atom is -0.456 e. The number of ether oxygens (including phenoxy) is 1. The van der Waals surface area contributed by atoms with Gasteiger partial charge in [-0.1, -0.05) is 129 Å². The van der Waals surface area contributed by atoms with Crippen molar-refractivity contribution < 1.29 is 4.74 Å². The summed E-state index contributed by atoms with van der Waals surface area (Å²) in [6, 6.07) is 52.2. The van der Waals surface area contributed by atoms with E-state index >= 15 is 0 Å². The second-order valence-electron chi connectivity index (χ2n) is 11.4. The Kier molecular flexibility index (Phi) is 7.60. The normalized spacial score (nSPS) is 11.6. The summed E-state index contributed by atoms with van der Waals surface area (Å²) >= 11 is 0. The lowest BCUT2D eigenvalue weighted by Crippen LogP contribution is -1.98. The van der Waals surface area contributed by atoms with Crippen LogP contribution in [0, 0.1) is 0 Å². The quantitative estimate of drug-likeness (QED) is 0.197. The Morgan fingerprint density at radius 2 is 1.17 bits per heavy atom. The van der Waals surface area contributed by atoms with Crippen LogP contribution in [0.15, 0.2) is 152 Å². The van der Waals surface area contributed by atoms with E-state index < -0.39 is 0 Å². The van der Waals surface area contributed by atoms with E-state index in [9.17, 15) is 0 Å². The molecule has 0 N–H and O–H groups in total. The van der Waals surface area contributed by atoms with Crippen LogP contribution in [0.1, 0.15) is 25.0 Å². The molecule has 0 atom stereocenters. The zero-order valence-electron chi connectivity index (χ0n) is 26.8. The molecule has 0 saturated carbocycles. The zero-order chi connectivity index (χ0) is 32.5. The third kappa shape index (κ3) is 5.14. The van der Waals surface area contributed by atoms with E-state index in [0.717, 1.165) is 67.4 Å². The van der Waals surface area contributed by atoms with E-state index in [-0.39, 0.29) is 0 Å². The number of rotatable bonds is 4. The Morgan fingerprint density at radius 1 is 0.500 bits per heavy atom. The van der Waals surface area contributed by atoms with Crippen molar-refractivity contribution in [1.82, 2.24) is 14.5 Å². The van der Waals surface area contributed by atoms with Crippen LogP contribution in [0.4, 0.5) is 0 Å². The first-order valence-corrected chi connectivity index (χ1v) is 16.4. The minimum absolute atomic E-state index is 0.703. The van der Waals surface area contributed by atoms with Gasteiger partial charge in [-0.25, -0.2) is 9.97 Å². The molecule has 0 amide bonds. The molecule has 3 heterocycles. The predicted molar refractivity (Wildman–Crippen MR) is 199 cm³/mol. The van der Waals surface area contributed by atoms with Gasteiger partial charge in [0.2, 0.25) is 0 Å². The lowest BCUT2D eigenvalue weighted by Gasteiger charge is -2.13. The molecule has 230 valence electrons. The molecule has 9 rings (SSSR count). The summed E-state index contributed by atoms with van der Waals surface area (Å²) in [7, 11) is 0. The number of fused-ring (bicyclic) bond motifs is 6. The lowest BCUT2D eigenvalue weighted by molar-refractivity contribution is 0.482. The standard InChI is InChI=1S/C42H27N3O.C2H6/c1-3-12-28(13-4-1)35-27-36(44-42(43-35)30-15-5-2-6-16-30)31-17-11-18-32(26-31)45-37-20-9-8-19-33(37)41-34-23-22-29-14-7-10-21-39(29)46-40(34)25-24-38(41)45;1-2/h1-27H;1-2H3. The monoisotopic (exact) mass is 619 g/mol. The van der Waals surface area contributed by atoms with Crippen LogP contribution >= 0.6 is 0 Å². The Bertz CT molecular complexity index is 2380. The summed E-state index contributed by atoms with van der Waals surface area (Å²) in [5.41, 5.74) is 10.3. The van der Waals surface area contributed by atoms with Gasteiger partial charge >= 0.3 is 0 Å². The first-order valence-electron chi connectivity index (χ1n) is 16.4. The number of benzene rings is 6. The molecule has 1 aliphatic heterocycles. The van der Waals surface area contributed by atoms with Crippen molar-refractivity contribution in [2.24, 2.45) is 0 Å². The van der Waals surface area contributed by atoms with Crippen LogP contribution in [0.5, 0.6) is 11.5 Å². The molecule has 0 radical (unpaired) electrons. The van der Waals surface area contributed by atoms with Gasteiger partial charge in [0.25, 0.3) is 0 Å². The van der Waals surface area contributed by atoms with Crippen molar-refractivity contribution in [3.05, 3.63) is 163 Å². The Labute approximate surface area is 280 Å². The van der Waals surface area contributed by atoms with Gasteiger partial charge in [-0.2, -0.15) is 0 Å². The molecule has 4 heteroatoms. The molecule has 0 unspecified atom stereocenters. The van der Waals surface area contributed by atoms with Gasteiger partial charge in [-0.15, -0.1) is 0 Å². The van der Waals surface area contributed by atoms with Gasteiger partial charge < -0.3 is 9.30 Å². The van der Waals surface area contributed by atoms with E-state index in [1.165, 1.54) is 10.8 Å². The fourth-order valence-corrected chi connectivity index (χ4v) is 6.48. The smallest absolute Gasteiger partial charge is 0.160 e. The molecule has 48 heavy (non-hydrogen) atoms. The highest BCUT2D eigenvalue weighted by Crippen LogP contribution is 2.43. The van der Waals surface area contributed by atoms with Gasteiger partial charge in [-0.3, -0.25) is 0 Å². The topological polar surface area (TPSA) is 39.9 Å². The molecular formula is C44H33N3O. The summed E-state index contributed by atoms with van der Waals surface area (Å²) in [5, 5.41) is 2.35. The highest BCUT2D eigenvalue weighted by atomic mass is 16.5. The Balaban J connectivity index is 0.00000165. The molecular weight excluding hydrogens is 587 g/mol. The van der Waals surface area contributed by atoms with E-state index in [0.29, 0.717) is 5.82 Å². The number of hydrogen-bond donors (Lipinski definition) is 0. The molecule has 8 aromatic rings. The summed E-state index contributed by atoms with van der Waals surface area (Å²) in [6.07, 6.45) is 4.34. The summed E-state index contributed by atoms with van der Waals surface area (Å²) in [6.45, 7) is 4.00. The van der Waals surface area contributed by atoms with Crippen LogP contribution < -0.4 is 4.74 Å². The molecule has 0 spiro atoms. The number of hydrogen-bond acceptors (Lipinski definition) is 3. The predicted octanol–water partition coefficient (Wildman–Crippen LogP) is 11.9. The SMILES string of the molecule is C1=Cc2c(ccc3c2c2ccccc2n3-c2cccc(-c3cc(-c4ccccc4)nc(-c4ccccc4)n3)c2)Oc2ccccc21.CC. The highest BCUT2D eigenvalue weighted by molar-refractivity contribution is 6.14. The molecule has 1 aliphatic rings. The van der Waals surface area contributed by atoms with Crippen molar-refractivity contribution in [1.29, 1.82) is 0 Å². The van der Waals surface area contributed by atoms with Crippen molar-refractivity contribution in [2.75, 3.05) is 0 Å². The lowest BCUT2D eigenvalue weighted by atomic mass is 10.0. The van der Waals surface area contributed by atoms with Crippen molar-refractivity contribution in [2.45, 2.75) is 13.8 Å². The van der Waals surface area contributed by atoms with Gasteiger partial charge in [0.15, 0.2) is 5.82 Å². The third-order valence-electron chi connectivity index (χ3n) is 8.63. The van der Waals surface area contributed by atoms with Gasteiger partial charge in [0.1, 0.15) is 11.5 Å². The molecule has 2 aromatic heterocycles. The average Bonchev–Trinajstić information content (AvgIpc) is 3.38. The van der Waals surface area contributed by atoms with Crippen LogP contribution in [0.25, 0.3) is 73.5 Å². The minimum atomic E-state index is 0.703. The van der Waals surface area contributed by atoms with Gasteiger partial charge in [-0.05, 0) is 48.5 Å². The summed E-state index contributed by atoms with van der Waals surface area (Å²) in [5.74, 6) is 2.42. The fourth-order valence-electron chi connectivity index (χ4n) is 6.48. The first kappa shape index (κ1) is 29.2. The maximum absolute atomic E-state index is 6.46. The van der Waals surface area contributed by atoms with E-state index in [1.807, 2.05) is 68.4 Å². The second kappa shape index (κ2) is 12.5. The Morgan fingerprint density at radius 3 is 1.98 bits per heavy atom. The number of para-hydroxylation sites is 2. The van der Waals surface area contributed by atoms with Crippen molar-refractivity contribution in [3.8, 4) is 51.1 Å². The van der Waals surface area contributed by atoms with E-state index in [1.54, 1.807) is 0 Å². The Hall–Kier alpha value is -6.26. The molecule has 0 aliphatic carbocycles. The molecule has 6 aromatic carbocycles. The molecule has 4 nitrogen and oxygen atoms in total. The second-order valence-corrected chi connectivity index (χ2v) is 11.4. The summed E-state index contributed by atoms with van der Waals surface area (Å²) < 4.78 is 8.81. The maximum atomic E-state index is 6.46. The zero-order valence-corrected chi connectivity index (χ0v) is 26.8. The maximum Gasteiger partial charge on any atom is 0.160 e. The number of nitrogens with zero attached hydrogens (tertiary/aromatic N) is 3. The largest absolute Gasteiger partial charge is 0.456 e. The highest BCUT2D eigenvalue weighted by Gasteiger charge is 2.20. The van der Waals surface area contributed by atoms with Gasteiger partial charge in [0.05, 0.1) is 22.4 Å². The van der Waals surface area contributed by atoms with Gasteiger partial charge in [0, 0.05) is 44.3 Å². The van der Waals surface area contributed by atoms with Crippen LogP contribution in [-0.4, -0.2) is 14.5 Å². The van der Waals surface area contributed by atoms with Crippen LogP contribution in [0.3, 0.4) is 0 Å². The van der Waals surface area contributed by atoms with Crippen molar-refractivity contribution in [3.63, 3.8) is 0 Å². The molecule has 0 fully saturated rings. The fraction of sp³-hybridized carbons (Fsp3) is 0.0455. The van der Waals surface area contributed by atoms with E-state index in [2.05, 4.69) is 114 Å². The van der Waals surface area contributed by atoms with E-state index in [4.69, 9.17) is 14.7 Å². The van der Waals surface area contributed by atoms with Crippen LogP contribution in [-0.2, 0) is 0 Å². The number of aromatic nitrogens is 3.